The van der Waals surface area contributed by atoms with E-state index >= 15 is 0 Å². The first-order chi connectivity index (χ1) is 9.28. The van der Waals surface area contributed by atoms with Gasteiger partial charge in [0.05, 0.1) is 24.0 Å². The fourth-order valence-electron chi connectivity index (χ4n) is 3.07. The predicted molar refractivity (Wildman–Crippen MR) is 70.6 cm³/mol. The summed E-state index contributed by atoms with van der Waals surface area (Å²) in [7, 11) is 0. The van der Waals surface area contributed by atoms with Crippen LogP contribution >= 0.6 is 0 Å². The summed E-state index contributed by atoms with van der Waals surface area (Å²) >= 11 is 0. The molecule has 0 saturated carbocycles. The van der Waals surface area contributed by atoms with Crippen LogP contribution in [0.15, 0.2) is 6.20 Å². The van der Waals surface area contributed by atoms with Crippen LogP contribution < -0.4 is 5.32 Å². The third-order valence-corrected chi connectivity index (χ3v) is 4.21. The number of nitrogens with zero attached hydrogens (tertiary/aromatic N) is 1. The first kappa shape index (κ1) is 12.7. The Bertz CT molecular complexity index is 457. The normalized spacial score (nSPS) is 30.1. The zero-order valence-electron chi connectivity index (χ0n) is 11.3. The Kier molecular flexibility index (Phi) is 3.55. The van der Waals surface area contributed by atoms with Gasteiger partial charge < -0.3 is 10.1 Å². The van der Waals surface area contributed by atoms with E-state index < -0.39 is 0 Å². The molecule has 0 spiro atoms. The molecular weight excluding hydrogens is 242 g/mol. The molecule has 0 aromatic carbocycles. The standard InChI is InChI=1S/C14H21N3O2/c1-2-10-6-7-12(19-10)14(18)16-11-5-3-4-9-8-15-17-13(9)11/h8,10-12H,2-7H2,1H3,(H,15,17)(H,16,18)/t10-,11+,12-/m1/s1. The average molecular weight is 263 g/mol. The molecule has 1 aliphatic carbocycles. The maximum atomic E-state index is 12.2. The second-order valence-electron chi connectivity index (χ2n) is 5.49. The number of carbonyl (C=O) groups is 1. The van der Waals surface area contributed by atoms with Crippen LogP contribution in [0, 0.1) is 0 Å². The summed E-state index contributed by atoms with van der Waals surface area (Å²) in [6.07, 6.45) is 7.80. The van der Waals surface area contributed by atoms with Crippen LogP contribution in [0.3, 0.4) is 0 Å². The summed E-state index contributed by atoms with van der Waals surface area (Å²) in [4.78, 5) is 12.2. The lowest BCUT2D eigenvalue weighted by Crippen LogP contribution is -2.38. The monoisotopic (exact) mass is 263 g/mol. The van der Waals surface area contributed by atoms with E-state index in [1.165, 1.54) is 5.56 Å². The van der Waals surface area contributed by atoms with Crippen molar-refractivity contribution in [3.05, 3.63) is 17.5 Å². The summed E-state index contributed by atoms with van der Waals surface area (Å²) in [5, 5.41) is 10.2. The molecule has 0 radical (unpaired) electrons. The fraction of sp³-hybridized carbons (Fsp3) is 0.714. The van der Waals surface area contributed by atoms with Crippen molar-refractivity contribution >= 4 is 5.91 Å². The SMILES string of the molecule is CC[C@@H]1CC[C@H](C(=O)N[C@H]2CCCc3cn[nH]c32)O1. The zero-order chi connectivity index (χ0) is 13.2. The number of rotatable bonds is 3. The Balaban J connectivity index is 1.62. The molecular formula is C14H21N3O2. The van der Waals surface area contributed by atoms with Crippen molar-refractivity contribution in [1.82, 2.24) is 15.5 Å². The minimum absolute atomic E-state index is 0.0309. The molecule has 5 heteroatoms. The maximum absolute atomic E-state index is 12.2. The lowest BCUT2D eigenvalue weighted by Gasteiger charge is -2.24. The minimum atomic E-state index is -0.266. The molecule has 3 atom stereocenters. The van der Waals surface area contributed by atoms with Crippen LogP contribution in [0.1, 0.15) is 56.3 Å². The maximum Gasteiger partial charge on any atom is 0.249 e. The van der Waals surface area contributed by atoms with Gasteiger partial charge in [0, 0.05) is 0 Å². The third-order valence-electron chi connectivity index (χ3n) is 4.21. The molecule has 1 fully saturated rings. The van der Waals surface area contributed by atoms with Crippen LogP contribution in [0.2, 0.25) is 0 Å². The summed E-state index contributed by atoms with van der Waals surface area (Å²) < 4.78 is 5.75. The molecule has 19 heavy (non-hydrogen) atoms. The number of carbonyl (C=O) groups excluding carboxylic acids is 1. The van der Waals surface area contributed by atoms with E-state index in [0.29, 0.717) is 0 Å². The lowest BCUT2D eigenvalue weighted by molar-refractivity contribution is -0.133. The molecule has 2 N–H and O–H groups in total. The number of H-pyrrole nitrogens is 1. The van der Waals surface area contributed by atoms with E-state index in [1.54, 1.807) is 0 Å². The second kappa shape index (κ2) is 5.33. The number of amides is 1. The van der Waals surface area contributed by atoms with Crippen LogP contribution in [0.5, 0.6) is 0 Å². The van der Waals surface area contributed by atoms with Crippen molar-refractivity contribution in [2.24, 2.45) is 0 Å². The number of ether oxygens (including phenoxy) is 1. The summed E-state index contributed by atoms with van der Waals surface area (Å²) in [5.74, 6) is 0.0309. The zero-order valence-corrected chi connectivity index (χ0v) is 11.3. The van der Waals surface area contributed by atoms with Crippen molar-refractivity contribution in [1.29, 1.82) is 0 Å². The van der Waals surface area contributed by atoms with Crippen LogP contribution in [0.4, 0.5) is 0 Å². The van der Waals surface area contributed by atoms with E-state index in [4.69, 9.17) is 4.74 Å². The first-order valence-electron chi connectivity index (χ1n) is 7.26. The smallest absolute Gasteiger partial charge is 0.249 e. The van der Waals surface area contributed by atoms with Gasteiger partial charge in [0.25, 0.3) is 0 Å². The van der Waals surface area contributed by atoms with Crippen molar-refractivity contribution in [2.75, 3.05) is 0 Å². The number of nitrogens with one attached hydrogen (secondary N) is 2. The largest absolute Gasteiger partial charge is 0.365 e. The van der Waals surface area contributed by atoms with Gasteiger partial charge in [-0.05, 0) is 44.1 Å². The molecule has 2 heterocycles. The molecule has 3 rings (SSSR count). The van der Waals surface area contributed by atoms with Gasteiger partial charge in [0.15, 0.2) is 0 Å². The van der Waals surface area contributed by atoms with Gasteiger partial charge in [-0.2, -0.15) is 5.10 Å². The number of hydrogen-bond donors (Lipinski definition) is 2. The van der Waals surface area contributed by atoms with Gasteiger partial charge in [-0.25, -0.2) is 0 Å². The van der Waals surface area contributed by atoms with Gasteiger partial charge in [0.2, 0.25) is 5.91 Å². The Morgan fingerprint density at radius 1 is 1.53 bits per heavy atom. The molecule has 1 amide bonds. The van der Waals surface area contributed by atoms with E-state index in [-0.39, 0.29) is 24.2 Å². The van der Waals surface area contributed by atoms with Gasteiger partial charge in [-0.3, -0.25) is 9.89 Å². The summed E-state index contributed by atoms with van der Waals surface area (Å²) in [5.41, 5.74) is 2.31. The lowest BCUT2D eigenvalue weighted by atomic mass is 9.93. The Morgan fingerprint density at radius 3 is 3.21 bits per heavy atom. The quantitative estimate of drug-likeness (QED) is 0.874. The van der Waals surface area contributed by atoms with Crippen molar-refractivity contribution in [3.8, 4) is 0 Å². The highest BCUT2D eigenvalue weighted by molar-refractivity contribution is 5.81. The molecule has 1 aliphatic heterocycles. The number of aromatic nitrogens is 2. The van der Waals surface area contributed by atoms with E-state index in [0.717, 1.165) is 44.2 Å². The topological polar surface area (TPSA) is 67.0 Å². The first-order valence-corrected chi connectivity index (χ1v) is 7.26. The number of aryl methyl sites for hydroxylation is 1. The van der Waals surface area contributed by atoms with Crippen LogP contribution in [0.25, 0.3) is 0 Å². The second-order valence-corrected chi connectivity index (χ2v) is 5.49. The van der Waals surface area contributed by atoms with Gasteiger partial charge in [-0.15, -0.1) is 0 Å². The fourth-order valence-corrected chi connectivity index (χ4v) is 3.07. The summed E-state index contributed by atoms with van der Waals surface area (Å²) in [6, 6.07) is 0.0722. The average Bonchev–Trinajstić information content (AvgIpc) is 3.08. The highest BCUT2D eigenvalue weighted by Crippen LogP contribution is 2.29. The molecule has 0 unspecified atom stereocenters. The van der Waals surface area contributed by atoms with Crippen LogP contribution in [-0.2, 0) is 16.0 Å². The van der Waals surface area contributed by atoms with Crippen LogP contribution in [-0.4, -0.2) is 28.3 Å². The molecule has 104 valence electrons. The molecule has 1 aromatic rings. The molecule has 5 nitrogen and oxygen atoms in total. The van der Waals surface area contributed by atoms with Gasteiger partial charge in [0.1, 0.15) is 6.10 Å². The molecule has 1 saturated heterocycles. The van der Waals surface area contributed by atoms with Crippen molar-refractivity contribution in [3.63, 3.8) is 0 Å². The molecule has 1 aromatic heterocycles. The van der Waals surface area contributed by atoms with Gasteiger partial charge >= 0.3 is 0 Å². The minimum Gasteiger partial charge on any atom is -0.365 e. The summed E-state index contributed by atoms with van der Waals surface area (Å²) in [6.45, 7) is 2.10. The van der Waals surface area contributed by atoms with E-state index in [1.807, 2.05) is 6.20 Å². The van der Waals surface area contributed by atoms with Gasteiger partial charge in [-0.1, -0.05) is 6.92 Å². The third kappa shape index (κ3) is 2.52. The van der Waals surface area contributed by atoms with E-state index in [9.17, 15) is 4.79 Å². The van der Waals surface area contributed by atoms with Crippen molar-refractivity contribution < 1.29 is 9.53 Å². The number of hydrogen-bond acceptors (Lipinski definition) is 3. The predicted octanol–water partition coefficient (Wildman–Crippen LogP) is 1.86. The van der Waals surface area contributed by atoms with E-state index in [2.05, 4.69) is 22.4 Å². The highest BCUT2D eigenvalue weighted by atomic mass is 16.5. The Labute approximate surface area is 113 Å². The highest BCUT2D eigenvalue weighted by Gasteiger charge is 2.32. The number of fused-ring (bicyclic) bond motifs is 1. The Hall–Kier alpha value is -1.36. The van der Waals surface area contributed by atoms with Crippen molar-refractivity contribution in [2.45, 2.75) is 63.7 Å². The molecule has 0 bridgehead atoms. The Morgan fingerprint density at radius 2 is 2.42 bits per heavy atom. The number of aromatic amines is 1. The molecule has 2 aliphatic rings.